The number of hydrogen-bond acceptors (Lipinski definition) is 2. The molecule has 0 radical (unpaired) electrons. The molecule has 0 fully saturated rings. The van der Waals surface area contributed by atoms with Gasteiger partial charge in [-0.3, -0.25) is 0 Å². The summed E-state index contributed by atoms with van der Waals surface area (Å²) in [6, 6.07) is 2.91. The van der Waals surface area contributed by atoms with Crippen LogP contribution in [0.1, 0.15) is 18.9 Å². The van der Waals surface area contributed by atoms with E-state index in [2.05, 4.69) is 4.74 Å². The third kappa shape index (κ3) is 4.52. The monoisotopic (exact) mass is 316 g/mol. The Morgan fingerprint density at radius 1 is 1.30 bits per heavy atom. The quantitative estimate of drug-likeness (QED) is 0.589. The summed E-state index contributed by atoms with van der Waals surface area (Å²) in [7, 11) is 0. The minimum atomic E-state index is -4.72. The Bertz CT molecular complexity index is 436. The molecule has 0 bridgehead atoms. The van der Waals surface area contributed by atoms with E-state index in [1.54, 1.807) is 6.92 Å². The van der Waals surface area contributed by atoms with E-state index in [9.17, 15) is 26.5 Å². The van der Waals surface area contributed by atoms with Crippen LogP contribution in [0.4, 0.5) is 22.0 Å². The average Bonchev–Trinajstić information content (AvgIpc) is 2.35. The summed E-state index contributed by atoms with van der Waals surface area (Å²) in [5, 5.41) is 0. The second-order valence-corrected chi connectivity index (χ2v) is 5.39. The molecule has 8 heteroatoms. The van der Waals surface area contributed by atoms with Crippen LogP contribution in [0.3, 0.4) is 0 Å². The van der Waals surface area contributed by atoms with Crippen LogP contribution >= 0.6 is 0 Å². The Hall–Kier alpha value is -1.02. The van der Waals surface area contributed by atoms with E-state index < -0.39 is 46.6 Å². The highest BCUT2D eigenvalue weighted by Gasteiger charge is 2.39. The molecule has 0 aromatic heterocycles. The lowest BCUT2D eigenvalue weighted by atomic mass is 10.2. The lowest BCUT2D eigenvalue weighted by Crippen LogP contribution is -2.18. The van der Waals surface area contributed by atoms with E-state index >= 15 is 0 Å². The molecule has 0 aliphatic carbocycles. The molecule has 0 aliphatic rings. The highest BCUT2D eigenvalue weighted by atomic mass is 32.2. The molecule has 1 aromatic carbocycles. The van der Waals surface area contributed by atoms with Gasteiger partial charge in [-0.15, -0.1) is 0 Å². The van der Waals surface area contributed by atoms with E-state index in [4.69, 9.17) is 0 Å². The van der Waals surface area contributed by atoms with Crippen molar-refractivity contribution in [2.75, 3.05) is 12.4 Å². The first-order chi connectivity index (χ1) is 9.27. The molecule has 20 heavy (non-hydrogen) atoms. The summed E-state index contributed by atoms with van der Waals surface area (Å²) in [6.07, 6.45) is -7.15. The first-order valence-corrected chi connectivity index (χ1v) is 7.08. The fourth-order valence-corrected chi connectivity index (χ4v) is 2.88. The lowest BCUT2D eigenvalue weighted by Gasteiger charge is -2.18. The van der Waals surface area contributed by atoms with E-state index in [1.807, 2.05) is 0 Å². The highest BCUT2D eigenvalue weighted by molar-refractivity contribution is 7.91. The van der Waals surface area contributed by atoms with Crippen molar-refractivity contribution in [2.45, 2.75) is 30.8 Å². The van der Waals surface area contributed by atoms with Crippen molar-refractivity contribution >= 4 is 11.2 Å². The van der Waals surface area contributed by atoms with Gasteiger partial charge in [0.25, 0.3) is 6.43 Å². The molecule has 0 spiro atoms. The fraction of sp³-hybridized carbons (Fsp3) is 0.500. The Kier molecular flexibility index (Phi) is 6.07. The molecule has 0 saturated heterocycles. The molecule has 2 nitrogen and oxygen atoms in total. The summed E-state index contributed by atoms with van der Waals surface area (Å²) in [5.41, 5.74) is -1.11. The second-order valence-electron chi connectivity index (χ2n) is 3.88. The molecule has 1 unspecified atom stereocenters. The topological polar surface area (TPSA) is 32.3 Å². The Morgan fingerprint density at radius 3 is 2.45 bits per heavy atom. The number of halogens is 5. The Labute approximate surface area is 116 Å². The number of ether oxygens (including phenoxy) is 1. The zero-order valence-electron chi connectivity index (χ0n) is 10.5. The van der Waals surface area contributed by atoms with Gasteiger partial charge in [0.1, 0.15) is 17.9 Å². The zero-order valence-corrected chi connectivity index (χ0v) is 11.4. The first-order valence-electron chi connectivity index (χ1n) is 5.77. The van der Waals surface area contributed by atoms with Gasteiger partial charge in [-0.1, -0.05) is 13.0 Å². The van der Waals surface area contributed by atoms with Crippen LogP contribution in [0.15, 0.2) is 23.1 Å². The van der Waals surface area contributed by atoms with Gasteiger partial charge < -0.3 is 9.29 Å². The minimum Gasteiger partial charge on any atom is -0.611 e. The van der Waals surface area contributed by atoms with Crippen LogP contribution in [-0.2, 0) is 17.4 Å². The summed E-state index contributed by atoms with van der Waals surface area (Å²) in [6.45, 7) is 0.616. The SMILES string of the molecule is CCC[S+]([O-])c1c(OCC(F)F)cccc1C(F)(F)F. The number of rotatable bonds is 6. The third-order valence-corrected chi connectivity index (χ3v) is 3.92. The van der Waals surface area contributed by atoms with E-state index in [1.165, 1.54) is 0 Å². The van der Waals surface area contributed by atoms with Crippen molar-refractivity contribution in [3.8, 4) is 5.75 Å². The molecule has 1 rings (SSSR count). The zero-order chi connectivity index (χ0) is 15.3. The van der Waals surface area contributed by atoms with Gasteiger partial charge in [0.15, 0.2) is 5.75 Å². The van der Waals surface area contributed by atoms with Gasteiger partial charge in [0, 0.05) is 0 Å². The first kappa shape index (κ1) is 17.0. The Morgan fingerprint density at radius 2 is 1.95 bits per heavy atom. The van der Waals surface area contributed by atoms with E-state index in [0.717, 1.165) is 18.2 Å². The number of hydrogen-bond donors (Lipinski definition) is 0. The normalized spacial score (nSPS) is 13.6. The minimum absolute atomic E-state index is 0.00185. The smallest absolute Gasteiger partial charge is 0.421 e. The fourth-order valence-electron chi connectivity index (χ4n) is 1.53. The summed E-state index contributed by atoms with van der Waals surface area (Å²) in [4.78, 5) is -0.567. The van der Waals surface area contributed by atoms with Crippen molar-refractivity contribution in [3.63, 3.8) is 0 Å². The van der Waals surface area contributed by atoms with Crippen molar-refractivity contribution in [1.29, 1.82) is 0 Å². The predicted molar refractivity (Wildman–Crippen MR) is 64.5 cm³/mol. The molecule has 114 valence electrons. The van der Waals surface area contributed by atoms with Crippen LogP contribution in [0.2, 0.25) is 0 Å². The van der Waals surface area contributed by atoms with Crippen molar-refractivity contribution < 1.29 is 31.2 Å². The van der Waals surface area contributed by atoms with Crippen LogP contribution in [0.5, 0.6) is 5.75 Å². The molecular formula is C12H13F5O2S. The lowest BCUT2D eigenvalue weighted by molar-refractivity contribution is -0.140. The van der Waals surface area contributed by atoms with Gasteiger partial charge >= 0.3 is 6.18 Å². The van der Waals surface area contributed by atoms with Crippen LogP contribution in [0, 0.1) is 0 Å². The van der Waals surface area contributed by atoms with Crippen molar-refractivity contribution in [3.05, 3.63) is 23.8 Å². The summed E-state index contributed by atoms with van der Waals surface area (Å²) >= 11 is -1.96. The maximum absolute atomic E-state index is 12.9. The largest absolute Gasteiger partial charge is 0.611 e. The number of benzene rings is 1. The molecule has 0 saturated carbocycles. The molecule has 1 atom stereocenters. The molecule has 1 aromatic rings. The van der Waals surface area contributed by atoms with Crippen LogP contribution in [-0.4, -0.2) is 23.3 Å². The van der Waals surface area contributed by atoms with Crippen molar-refractivity contribution in [2.24, 2.45) is 0 Å². The molecule has 0 amide bonds. The van der Waals surface area contributed by atoms with Crippen LogP contribution in [0.25, 0.3) is 0 Å². The van der Waals surface area contributed by atoms with Crippen molar-refractivity contribution in [1.82, 2.24) is 0 Å². The summed E-state index contributed by atoms with van der Waals surface area (Å²) in [5.74, 6) is -0.412. The molecular weight excluding hydrogens is 303 g/mol. The van der Waals surface area contributed by atoms with Gasteiger partial charge in [0.2, 0.25) is 4.90 Å². The van der Waals surface area contributed by atoms with Gasteiger partial charge in [-0.2, -0.15) is 13.2 Å². The standard InChI is InChI=1S/C12H13F5O2S/c1-2-6-20(18)11-8(12(15,16)17)4-3-5-9(11)19-7-10(13)14/h3-5,10H,2,6-7H2,1H3. The van der Waals surface area contributed by atoms with Gasteiger partial charge in [0.05, 0.1) is 0 Å². The van der Waals surface area contributed by atoms with Crippen LogP contribution < -0.4 is 4.74 Å². The second kappa shape index (κ2) is 7.12. The highest BCUT2D eigenvalue weighted by Crippen LogP contribution is 2.39. The van der Waals surface area contributed by atoms with E-state index in [0.29, 0.717) is 6.42 Å². The summed E-state index contributed by atoms with van der Waals surface area (Å²) < 4.78 is 79.5. The third-order valence-electron chi connectivity index (χ3n) is 2.27. The van der Waals surface area contributed by atoms with Gasteiger partial charge in [-0.25, -0.2) is 8.78 Å². The Balaban J connectivity index is 3.22. The predicted octanol–water partition coefficient (Wildman–Crippen LogP) is 3.87. The maximum Gasteiger partial charge on any atom is 0.421 e. The molecule has 0 heterocycles. The van der Waals surface area contributed by atoms with E-state index in [-0.39, 0.29) is 5.75 Å². The average molecular weight is 316 g/mol. The maximum atomic E-state index is 12.9. The van der Waals surface area contributed by atoms with Gasteiger partial charge in [-0.05, 0) is 29.7 Å². The molecule has 0 aliphatic heterocycles. The number of alkyl halides is 5. The molecule has 0 N–H and O–H groups in total.